The van der Waals surface area contributed by atoms with E-state index in [9.17, 15) is 4.79 Å². The third-order valence-electron chi connectivity index (χ3n) is 4.61. The predicted molar refractivity (Wildman–Crippen MR) is 101 cm³/mol. The lowest BCUT2D eigenvalue weighted by atomic mass is 9.96. The fraction of sp³-hybridized carbons (Fsp3) is 0.300. The van der Waals surface area contributed by atoms with Crippen molar-refractivity contribution in [3.8, 4) is 16.9 Å². The van der Waals surface area contributed by atoms with Gasteiger partial charge in [-0.25, -0.2) is 0 Å². The van der Waals surface area contributed by atoms with Crippen molar-refractivity contribution in [1.29, 1.82) is 0 Å². The predicted octanol–water partition coefficient (Wildman–Crippen LogP) is 4.29. The number of benzene rings is 2. The third kappa shape index (κ3) is 3.09. The molecule has 1 atom stereocenters. The van der Waals surface area contributed by atoms with Crippen LogP contribution in [0.25, 0.3) is 22.0 Å². The van der Waals surface area contributed by atoms with Crippen LogP contribution in [0.4, 0.5) is 5.69 Å². The molecule has 0 radical (unpaired) electrons. The monoisotopic (exact) mass is 337 g/mol. The van der Waals surface area contributed by atoms with Crippen LogP contribution in [0.3, 0.4) is 0 Å². The summed E-state index contributed by atoms with van der Waals surface area (Å²) in [4.78, 5) is 11.0. The summed E-state index contributed by atoms with van der Waals surface area (Å²) >= 11 is 0. The van der Waals surface area contributed by atoms with Gasteiger partial charge in [0.2, 0.25) is 6.41 Å². The van der Waals surface area contributed by atoms with Gasteiger partial charge in [-0.1, -0.05) is 25.1 Å². The molecule has 0 fully saturated rings. The molecule has 3 aromatic rings. The van der Waals surface area contributed by atoms with Gasteiger partial charge in [-0.2, -0.15) is 5.10 Å². The lowest BCUT2D eigenvalue weighted by Gasteiger charge is -2.20. The number of fused-ring (bicyclic) bond motifs is 1. The lowest BCUT2D eigenvalue weighted by Crippen LogP contribution is -2.12. The smallest absolute Gasteiger partial charge is 0.211 e. The largest absolute Gasteiger partial charge is 0.488 e. The second kappa shape index (κ2) is 6.97. The highest BCUT2D eigenvalue weighted by atomic mass is 16.5. The van der Waals surface area contributed by atoms with Crippen molar-refractivity contribution in [1.82, 2.24) is 9.78 Å². The first-order valence-electron chi connectivity index (χ1n) is 8.48. The van der Waals surface area contributed by atoms with Gasteiger partial charge < -0.3 is 10.1 Å². The number of para-hydroxylation sites is 1. The zero-order valence-electron chi connectivity index (χ0n) is 15.0. The van der Waals surface area contributed by atoms with Crippen LogP contribution in [-0.2, 0) is 11.8 Å². The Morgan fingerprint density at radius 3 is 2.80 bits per heavy atom. The number of nitrogens with zero attached hydrogens (tertiary/aromatic N) is 2. The number of carbonyl (C=O) groups excluding carboxylic acids is 1. The van der Waals surface area contributed by atoms with Gasteiger partial charge in [0.05, 0.1) is 23.5 Å². The van der Waals surface area contributed by atoms with Crippen LogP contribution in [0.1, 0.15) is 25.8 Å². The molecular weight excluding hydrogens is 314 g/mol. The number of nitrogens with one attached hydrogen (secondary N) is 1. The molecule has 0 aliphatic carbocycles. The number of carbonyl (C=O) groups is 1. The molecule has 25 heavy (non-hydrogen) atoms. The highest BCUT2D eigenvalue weighted by Gasteiger charge is 2.17. The van der Waals surface area contributed by atoms with Crippen molar-refractivity contribution in [2.45, 2.75) is 33.3 Å². The quantitative estimate of drug-likeness (QED) is 0.683. The van der Waals surface area contributed by atoms with Gasteiger partial charge in [0.15, 0.2) is 5.75 Å². The average molecular weight is 337 g/mol. The molecule has 1 heterocycles. The Morgan fingerprint density at radius 2 is 2.08 bits per heavy atom. The highest BCUT2D eigenvalue weighted by Crippen LogP contribution is 2.40. The Labute approximate surface area is 147 Å². The third-order valence-corrected chi connectivity index (χ3v) is 4.61. The fourth-order valence-corrected chi connectivity index (χ4v) is 3.00. The molecule has 0 saturated heterocycles. The van der Waals surface area contributed by atoms with Crippen LogP contribution < -0.4 is 10.1 Å². The van der Waals surface area contributed by atoms with E-state index in [1.165, 1.54) is 0 Å². The maximum atomic E-state index is 11.0. The SMILES string of the molecule is CC[C@@H](C)Oc1c(NC=O)cccc1-c1ccc2c(cnn2C)c1C. The molecule has 2 aromatic carbocycles. The number of amides is 1. The van der Waals surface area contributed by atoms with Crippen molar-refractivity contribution >= 4 is 23.0 Å². The summed E-state index contributed by atoms with van der Waals surface area (Å²) in [5.74, 6) is 0.704. The van der Waals surface area contributed by atoms with E-state index < -0.39 is 0 Å². The van der Waals surface area contributed by atoms with E-state index >= 15 is 0 Å². The summed E-state index contributed by atoms with van der Waals surface area (Å²) in [5, 5.41) is 8.22. The van der Waals surface area contributed by atoms with Crippen LogP contribution in [-0.4, -0.2) is 22.3 Å². The first-order valence-corrected chi connectivity index (χ1v) is 8.48. The Bertz CT molecular complexity index is 915. The summed E-state index contributed by atoms with van der Waals surface area (Å²) in [6.45, 7) is 6.19. The minimum Gasteiger partial charge on any atom is -0.488 e. The van der Waals surface area contributed by atoms with Crippen LogP contribution >= 0.6 is 0 Å². The minimum atomic E-state index is 0.0516. The summed E-state index contributed by atoms with van der Waals surface area (Å²) < 4.78 is 8.03. The van der Waals surface area contributed by atoms with Gasteiger partial charge >= 0.3 is 0 Å². The van der Waals surface area contributed by atoms with Crippen LogP contribution in [0.2, 0.25) is 0 Å². The van der Waals surface area contributed by atoms with E-state index in [4.69, 9.17) is 4.74 Å². The zero-order valence-corrected chi connectivity index (χ0v) is 15.0. The number of hydrogen-bond donors (Lipinski definition) is 1. The maximum absolute atomic E-state index is 11.0. The number of anilines is 1. The molecule has 5 nitrogen and oxygen atoms in total. The van der Waals surface area contributed by atoms with Crippen LogP contribution in [0.5, 0.6) is 5.75 Å². The molecule has 0 saturated carbocycles. The van der Waals surface area contributed by atoms with E-state index in [2.05, 4.69) is 36.4 Å². The zero-order chi connectivity index (χ0) is 18.0. The number of aryl methyl sites for hydroxylation is 2. The van der Waals surface area contributed by atoms with E-state index in [1.54, 1.807) is 0 Å². The first-order chi connectivity index (χ1) is 12.1. The highest BCUT2D eigenvalue weighted by molar-refractivity contribution is 5.92. The molecule has 1 N–H and O–H groups in total. The summed E-state index contributed by atoms with van der Waals surface area (Å²) in [5.41, 5.74) is 4.96. The van der Waals surface area contributed by atoms with Gasteiger partial charge in [0.25, 0.3) is 0 Å². The second-order valence-electron chi connectivity index (χ2n) is 6.22. The normalized spacial score (nSPS) is 12.2. The van der Waals surface area contributed by atoms with Gasteiger partial charge in [-0.15, -0.1) is 0 Å². The molecule has 130 valence electrons. The summed E-state index contributed by atoms with van der Waals surface area (Å²) in [7, 11) is 1.94. The van der Waals surface area contributed by atoms with E-state index in [0.717, 1.165) is 34.0 Å². The van der Waals surface area contributed by atoms with E-state index in [-0.39, 0.29) is 6.10 Å². The summed E-state index contributed by atoms with van der Waals surface area (Å²) in [6, 6.07) is 9.96. The molecule has 3 rings (SSSR count). The topological polar surface area (TPSA) is 56.1 Å². The molecule has 5 heteroatoms. The van der Waals surface area contributed by atoms with Crippen molar-refractivity contribution < 1.29 is 9.53 Å². The molecule has 0 aliphatic rings. The van der Waals surface area contributed by atoms with Crippen molar-refractivity contribution in [3.05, 3.63) is 42.1 Å². The molecule has 0 spiro atoms. The first kappa shape index (κ1) is 17.0. The van der Waals surface area contributed by atoms with Crippen molar-refractivity contribution in [2.24, 2.45) is 7.05 Å². The molecule has 0 bridgehead atoms. The van der Waals surface area contributed by atoms with Crippen LogP contribution in [0.15, 0.2) is 36.5 Å². The Kier molecular flexibility index (Phi) is 4.74. The summed E-state index contributed by atoms with van der Waals surface area (Å²) in [6.07, 6.45) is 3.50. The molecular formula is C20H23N3O2. The van der Waals surface area contributed by atoms with Gasteiger partial charge in [0, 0.05) is 18.0 Å². The molecule has 0 aliphatic heterocycles. The maximum Gasteiger partial charge on any atom is 0.211 e. The number of ether oxygens (including phenoxy) is 1. The molecule has 1 aromatic heterocycles. The van der Waals surface area contributed by atoms with Gasteiger partial charge in [0.1, 0.15) is 0 Å². The minimum absolute atomic E-state index is 0.0516. The standard InChI is InChI=1S/C20H23N3O2/c1-5-13(2)25-20-16(7-6-8-18(20)21-12-24)15-9-10-19-17(14(15)3)11-22-23(19)4/h6-13H,5H2,1-4H3,(H,21,24)/t13-/m1/s1. The van der Waals surface area contributed by atoms with E-state index in [0.29, 0.717) is 17.8 Å². The van der Waals surface area contributed by atoms with E-state index in [1.807, 2.05) is 43.0 Å². The average Bonchev–Trinajstić information content (AvgIpc) is 2.99. The van der Waals surface area contributed by atoms with Crippen LogP contribution in [0, 0.1) is 6.92 Å². The number of rotatable bonds is 6. The second-order valence-corrected chi connectivity index (χ2v) is 6.22. The Morgan fingerprint density at radius 1 is 1.28 bits per heavy atom. The number of hydrogen-bond acceptors (Lipinski definition) is 3. The van der Waals surface area contributed by atoms with Crippen molar-refractivity contribution in [3.63, 3.8) is 0 Å². The molecule has 1 amide bonds. The van der Waals surface area contributed by atoms with Gasteiger partial charge in [-0.05, 0) is 43.5 Å². The lowest BCUT2D eigenvalue weighted by molar-refractivity contribution is -0.105. The molecule has 0 unspecified atom stereocenters. The number of aromatic nitrogens is 2. The van der Waals surface area contributed by atoms with Gasteiger partial charge in [-0.3, -0.25) is 9.48 Å². The fourth-order valence-electron chi connectivity index (χ4n) is 3.00. The Hall–Kier alpha value is -2.82. The van der Waals surface area contributed by atoms with Crippen molar-refractivity contribution in [2.75, 3.05) is 5.32 Å². The Balaban J connectivity index is 2.20.